The fourth-order valence-electron chi connectivity index (χ4n) is 2.00. The number of hydrogen-bond acceptors (Lipinski definition) is 3. The summed E-state index contributed by atoms with van der Waals surface area (Å²) in [4.78, 5) is 24.3. The summed E-state index contributed by atoms with van der Waals surface area (Å²) in [6.45, 7) is 7.82. The Balaban J connectivity index is 2.84. The Hall–Kier alpha value is -2.44. The van der Waals surface area contributed by atoms with E-state index < -0.39 is 6.17 Å². The van der Waals surface area contributed by atoms with Crippen molar-refractivity contribution in [3.05, 3.63) is 29.8 Å². The zero-order chi connectivity index (χ0) is 18.8. The van der Waals surface area contributed by atoms with Crippen LogP contribution in [0, 0.1) is 0 Å². The van der Waals surface area contributed by atoms with Gasteiger partial charge in [0.1, 0.15) is 11.9 Å². The minimum atomic E-state index is -0.654. The fourth-order valence-corrected chi connectivity index (χ4v) is 2.00. The summed E-state index contributed by atoms with van der Waals surface area (Å²) >= 11 is 0. The second kappa shape index (κ2) is 10.4. The third kappa shape index (κ3) is 7.32. The molecule has 4 amide bonds. The van der Waals surface area contributed by atoms with Gasteiger partial charge >= 0.3 is 12.1 Å². The highest BCUT2D eigenvalue weighted by Crippen LogP contribution is 2.16. The number of carbonyl (C=O) groups excluding carboxylic acids is 2. The molecule has 1 aromatic rings. The maximum Gasteiger partial charge on any atom is 0.316 e. The highest BCUT2D eigenvalue weighted by atomic mass is 16.5. The van der Waals surface area contributed by atoms with Gasteiger partial charge in [-0.15, -0.1) is 0 Å². The summed E-state index contributed by atoms with van der Waals surface area (Å²) in [7, 11) is 1.59. The van der Waals surface area contributed by atoms with Crippen LogP contribution >= 0.6 is 0 Å². The monoisotopic (exact) mass is 350 g/mol. The molecule has 0 aliphatic carbocycles. The molecule has 4 N–H and O–H groups in total. The van der Waals surface area contributed by atoms with Crippen molar-refractivity contribution in [2.45, 2.75) is 58.8 Å². The van der Waals surface area contributed by atoms with Crippen LogP contribution in [0.5, 0.6) is 5.75 Å². The van der Waals surface area contributed by atoms with Crippen molar-refractivity contribution in [3.63, 3.8) is 0 Å². The molecule has 2 unspecified atom stereocenters. The first-order chi connectivity index (χ1) is 11.9. The number of urea groups is 2. The minimum Gasteiger partial charge on any atom is -0.497 e. The number of methoxy groups -OCH3 is 1. The molecular weight excluding hydrogens is 320 g/mol. The first-order valence-electron chi connectivity index (χ1n) is 8.67. The van der Waals surface area contributed by atoms with Crippen LogP contribution in [0.15, 0.2) is 24.3 Å². The van der Waals surface area contributed by atoms with Gasteiger partial charge in [-0.25, -0.2) is 9.59 Å². The van der Waals surface area contributed by atoms with Gasteiger partial charge in [-0.05, 0) is 44.4 Å². The second-order valence-corrected chi connectivity index (χ2v) is 6.06. The van der Waals surface area contributed by atoms with Crippen LogP contribution in [0.4, 0.5) is 9.59 Å². The summed E-state index contributed by atoms with van der Waals surface area (Å²) in [6, 6.07) is 6.59. The number of amides is 4. The Morgan fingerprint density at radius 3 is 1.68 bits per heavy atom. The Kier molecular flexibility index (Phi) is 8.60. The molecule has 0 saturated carbocycles. The maximum absolute atomic E-state index is 12.2. The summed E-state index contributed by atoms with van der Waals surface area (Å²) in [5.74, 6) is 0.704. The topological polar surface area (TPSA) is 91.5 Å². The number of ether oxygens (including phenoxy) is 1. The van der Waals surface area contributed by atoms with Crippen LogP contribution in [0.25, 0.3) is 0 Å². The molecule has 0 aromatic heterocycles. The molecule has 0 saturated heterocycles. The lowest BCUT2D eigenvalue weighted by Crippen LogP contribution is -2.50. The summed E-state index contributed by atoms with van der Waals surface area (Å²) in [6.07, 6.45) is 0.990. The molecule has 25 heavy (non-hydrogen) atoms. The maximum atomic E-state index is 12.2. The number of benzene rings is 1. The van der Waals surface area contributed by atoms with Crippen LogP contribution in [-0.4, -0.2) is 31.3 Å². The normalized spacial score (nSPS) is 14.0. The van der Waals surface area contributed by atoms with Crippen LogP contribution < -0.4 is 26.0 Å². The van der Waals surface area contributed by atoms with Gasteiger partial charge in [0.15, 0.2) is 0 Å². The molecule has 0 bridgehead atoms. The number of carbonyl (C=O) groups is 2. The van der Waals surface area contributed by atoms with Crippen LogP contribution in [0.3, 0.4) is 0 Å². The van der Waals surface area contributed by atoms with Gasteiger partial charge in [-0.1, -0.05) is 26.0 Å². The predicted octanol–water partition coefficient (Wildman–Crippen LogP) is 2.89. The molecule has 2 atom stereocenters. The third-order valence-electron chi connectivity index (χ3n) is 3.98. The molecular formula is C18H30N4O3. The fraction of sp³-hybridized carbons (Fsp3) is 0.556. The molecule has 1 rings (SSSR count). The van der Waals surface area contributed by atoms with Gasteiger partial charge in [0.05, 0.1) is 7.11 Å². The molecule has 1 aromatic carbocycles. The second-order valence-electron chi connectivity index (χ2n) is 6.06. The van der Waals surface area contributed by atoms with E-state index in [1.165, 1.54) is 0 Å². The van der Waals surface area contributed by atoms with E-state index >= 15 is 0 Å². The standard InChI is InChI=1S/C18H30N4O3/c1-6-12(3)19-17(23)21-16(22-18(24)20-13(4)7-2)14-8-10-15(25-5)11-9-14/h8-13,16H,6-7H2,1-5H3,(H2,19,21,23)(H2,20,22,24). The number of hydrogen-bond donors (Lipinski definition) is 4. The smallest absolute Gasteiger partial charge is 0.316 e. The highest BCUT2D eigenvalue weighted by molar-refractivity contribution is 5.78. The third-order valence-corrected chi connectivity index (χ3v) is 3.98. The molecule has 0 heterocycles. The molecule has 0 radical (unpaired) electrons. The van der Waals surface area contributed by atoms with Crippen molar-refractivity contribution in [2.24, 2.45) is 0 Å². The van der Waals surface area contributed by atoms with Crippen molar-refractivity contribution in [1.82, 2.24) is 21.3 Å². The van der Waals surface area contributed by atoms with E-state index in [0.717, 1.165) is 18.4 Å². The lowest BCUT2D eigenvalue weighted by Gasteiger charge is -2.23. The van der Waals surface area contributed by atoms with Crippen LogP contribution in [0.1, 0.15) is 52.3 Å². The Labute approximate surface area is 149 Å². The Morgan fingerprint density at radius 2 is 1.32 bits per heavy atom. The zero-order valence-electron chi connectivity index (χ0n) is 15.7. The van der Waals surface area contributed by atoms with E-state index in [2.05, 4.69) is 21.3 Å². The number of rotatable bonds is 8. The Bertz CT molecular complexity index is 522. The first kappa shape index (κ1) is 20.6. The molecule has 0 spiro atoms. The predicted molar refractivity (Wildman–Crippen MR) is 98.6 cm³/mol. The average molecular weight is 350 g/mol. The van der Waals surface area contributed by atoms with E-state index in [-0.39, 0.29) is 24.1 Å². The SMILES string of the molecule is CCC(C)NC(=O)NC(NC(=O)NC(C)CC)c1ccc(OC)cc1. The Morgan fingerprint density at radius 1 is 0.880 bits per heavy atom. The summed E-state index contributed by atoms with van der Waals surface area (Å²) in [5, 5.41) is 11.3. The van der Waals surface area contributed by atoms with E-state index in [0.29, 0.717) is 5.75 Å². The van der Waals surface area contributed by atoms with Crippen molar-refractivity contribution in [1.29, 1.82) is 0 Å². The minimum absolute atomic E-state index is 0.0467. The van der Waals surface area contributed by atoms with Gasteiger partial charge in [-0.2, -0.15) is 0 Å². The largest absolute Gasteiger partial charge is 0.497 e. The van der Waals surface area contributed by atoms with Gasteiger partial charge in [0.2, 0.25) is 0 Å². The molecule has 7 heteroatoms. The van der Waals surface area contributed by atoms with Crippen molar-refractivity contribution in [2.75, 3.05) is 7.11 Å². The van der Waals surface area contributed by atoms with Crippen LogP contribution in [-0.2, 0) is 0 Å². The lowest BCUT2D eigenvalue weighted by atomic mass is 10.1. The van der Waals surface area contributed by atoms with Crippen molar-refractivity contribution >= 4 is 12.1 Å². The molecule has 140 valence electrons. The quantitative estimate of drug-likeness (QED) is 0.543. The first-order valence-corrected chi connectivity index (χ1v) is 8.67. The van der Waals surface area contributed by atoms with Gasteiger partial charge in [-0.3, -0.25) is 0 Å². The van der Waals surface area contributed by atoms with E-state index in [9.17, 15) is 9.59 Å². The van der Waals surface area contributed by atoms with Crippen molar-refractivity contribution < 1.29 is 14.3 Å². The van der Waals surface area contributed by atoms with Gasteiger partial charge in [0.25, 0.3) is 0 Å². The average Bonchev–Trinajstić information content (AvgIpc) is 2.60. The van der Waals surface area contributed by atoms with Crippen LogP contribution in [0.2, 0.25) is 0 Å². The van der Waals surface area contributed by atoms with E-state index in [1.807, 2.05) is 27.7 Å². The van der Waals surface area contributed by atoms with E-state index in [1.54, 1.807) is 31.4 Å². The summed E-state index contributed by atoms with van der Waals surface area (Å²) < 4.78 is 5.15. The van der Waals surface area contributed by atoms with Gasteiger partial charge in [0, 0.05) is 12.1 Å². The van der Waals surface area contributed by atoms with Gasteiger partial charge < -0.3 is 26.0 Å². The summed E-state index contributed by atoms with van der Waals surface area (Å²) in [5.41, 5.74) is 0.749. The molecule has 7 nitrogen and oxygen atoms in total. The van der Waals surface area contributed by atoms with E-state index in [4.69, 9.17) is 4.74 Å². The molecule has 0 aliphatic heterocycles. The highest BCUT2D eigenvalue weighted by Gasteiger charge is 2.18. The van der Waals surface area contributed by atoms with Crippen molar-refractivity contribution in [3.8, 4) is 5.75 Å². The molecule has 0 fully saturated rings. The zero-order valence-corrected chi connectivity index (χ0v) is 15.7. The number of nitrogens with one attached hydrogen (secondary N) is 4. The lowest BCUT2D eigenvalue weighted by molar-refractivity contribution is 0.222. The molecule has 0 aliphatic rings.